The van der Waals surface area contributed by atoms with Crippen LogP contribution in [0.2, 0.25) is 0 Å². The third kappa shape index (κ3) is 3.38. The second-order valence-electron chi connectivity index (χ2n) is 2.86. The largest absolute Gasteiger partial charge is 0.573 e. The molecular formula is C10H6F3NO3. The van der Waals surface area contributed by atoms with Gasteiger partial charge in [-0.1, -0.05) is 0 Å². The van der Waals surface area contributed by atoms with Crippen molar-refractivity contribution < 1.29 is 27.4 Å². The molecule has 0 unspecified atom stereocenters. The van der Waals surface area contributed by atoms with Gasteiger partial charge in [-0.3, -0.25) is 0 Å². The Balaban J connectivity index is 3.10. The fourth-order valence-electron chi connectivity index (χ4n) is 1.10. The highest BCUT2D eigenvalue weighted by molar-refractivity contribution is 5.92. The van der Waals surface area contributed by atoms with Crippen LogP contribution in [0.3, 0.4) is 0 Å². The zero-order chi connectivity index (χ0) is 13.1. The maximum Gasteiger partial charge on any atom is 0.573 e. The molecule has 0 N–H and O–H groups in total. The fraction of sp³-hybridized carbons (Fsp3) is 0.200. The first kappa shape index (κ1) is 12.8. The molecule has 7 heteroatoms. The van der Waals surface area contributed by atoms with Gasteiger partial charge in [-0.25, -0.2) is 4.79 Å². The lowest BCUT2D eigenvalue weighted by Gasteiger charge is -2.09. The number of methoxy groups -OCH3 is 1. The molecule has 0 heterocycles. The molecule has 0 aromatic heterocycles. The second kappa shape index (κ2) is 4.74. The van der Waals surface area contributed by atoms with Gasteiger partial charge in [0.15, 0.2) is 0 Å². The molecule has 0 fully saturated rings. The van der Waals surface area contributed by atoms with E-state index in [2.05, 4.69) is 9.47 Å². The topological polar surface area (TPSA) is 59.3 Å². The number of hydrogen-bond acceptors (Lipinski definition) is 4. The predicted octanol–water partition coefficient (Wildman–Crippen LogP) is 2.24. The molecule has 0 aliphatic carbocycles. The minimum Gasteiger partial charge on any atom is -0.465 e. The Morgan fingerprint density at radius 3 is 2.53 bits per heavy atom. The molecule has 0 atom stereocenters. The van der Waals surface area contributed by atoms with Crippen LogP contribution in [0.15, 0.2) is 18.2 Å². The van der Waals surface area contributed by atoms with Crippen molar-refractivity contribution >= 4 is 5.97 Å². The highest BCUT2D eigenvalue weighted by Crippen LogP contribution is 2.25. The number of benzene rings is 1. The number of hydrogen-bond donors (Lipinski definition) is 0. The summed E-state index contributed by atoms with van der Waals surface area (Å²) in [5, 5.41) is 8.69. The molecule has 90 valence electrons. The molecule has 0 bridgehead atoms. The zero-order valence-corrected chi connectivity index (χ0v) is 8.54. The Hall–Kier alpha value is -2.23. The lowest BCUT2D eigenvalue weighted by molar-refractivity contribution is -0.274. The Morgan fingerprint density at radius 1 is 1.41 bits per heavy atom. The Morgan fingerprint density at radius 2 is 2.06 bits per heavy atom. The van der Waals surface area contributed by atoms with Crippen molar-refractivity contribution in [2.24, 2.45) is 0 Å². The third-order valence-electron chi connectivity index (χ3n) is 1.75. The molecule has 1 aromatic rings. The quantitative estimate of drug-likeness (QED) is 0.749. The molecule has 0 radical (unpaired) electrons. The van der Waals surface area contributed by atoms with E-state index in [1.807, 2.05) is 0 Å². The Bertz CT molecular complexity index is 477. The second-order valence-corrected chi connectivity index (χ2v) is 2.86. The summed E-state index contributed by atoms with van der Waals surface area (Å²) in [5.41, 5.74) is -0.372. The maximum atomic E-state index is 11.9. The van der Waals surface area contributed by atoms with E-state index in [-0.39, 0.29) is 11.1 Å². The number of nitriles is 1. The number of carbonyl (C=O) groups excluding carboxylic acids is 1. The van der Waals surface area contributed by atoms with Crippen LogP contribution >= 0.6 is 0 Å². The van der Waals surface area contributed by atoms with Crippen molar-refractivity contribution in [3.05, 3.63) is 29.3 Å². The summed E-state index contributed by atoms with van der Waals surface area (Å²) in [6, 6.07) is 4.37. The average molecular weight is 245 g/mol. The fourth-order valence-corrected chi connectivity index (χ4v) is 1.10. The predicted molar refractivity (Wildman–Crippen MR) is 49.2 cm³/mol. The van der Waals surface area contributed by atoms with E-state index in [4.69, 9.17) is 5.26 Å². The first-order chi connectivity index (χ1) is 7.87. The Labute approximate surface area is 94.2 Å². The SMILES string of the molecule is COC(=O)c1ccc(OC(F)(F)F)cc1C#N. The zero-order valence-electron chi connectivity index (χ0n) is 8.54. The van der Waals surface area contributed by atoms with Gasteiger partial charge in [0.05, 0.1) is 18.2 Å². The minimum atomic E-state index is -4.85. The van der Waals surface area contributed by atoms with Crippen molar-refractivity contribution in [3.63, 3.8) is 0 Å². The number of alkyl halides is 3. The van der Waals surface area contributed by atoms with Crippen molar-refractivity contribution in [1.29, 1.82) is 5.26 Å². The van der Waals surface area contributed by atoms with E-state index in [0.29, 0.717) is 0 Å². The van der Waals surface area contributed by atoms with E-state index in [1.165, 1.54) is 0 Å². The molecule has 1 rings (SSSR count). The summed E-state index contributed by atoms with van der Waals surface area (Å²) in [4.78, 5) is 11.2. The molecule has 0 saturated carbocycles. The molecule has 0 aliphatic heterocycles. The van der Waals surface area contributed by atoms with Gasteiger partial charge >= 0.3 is 12.3 Å². The number of esters is 1. The van der Waals surface area contributed by atoms with E-state index >= 15 is 0 Å². The van der Waals surface area contributed by atoms with Gasteiger partial charge in [0, 0.05) is 0 Å². The third-order valence-corrected chi connectivity index (χ3v) is 1.75. The molecule has 1 aromatic carbocycles. The number of carbonyl (C=O) groups is 1. The highest BCUT2D eigenvalue weighted by Gasteiger charge is 2.31. The standard InChI is InChI=1S/C10H6F3NO3/c1-16-9(15)8-3-2-7(4-6(8)5-14)17-10(11,12)13/h2-4H,1H3. The number of ether oxygens (including phenoxy) is 2. The molecule has 0 spiro atoms. The van der Waals surface area contributed by atoms with Crippen molar-refractivity contribution in [2.75, 3.05) is 7.11 Å². The number of halogens is 3. The van der Waals surface area contributed by atoms with E-state index in [9.17, 15) is 18.0 Å². The summed E-state index contributed by atoms with van der Waals surface area (Å²) in [6.45, 7) is 0. The van der Waals surface area contributed by atoms with Crippen molar-refractivity contribution in [3.8, 4) is 11.8 Å². The van der Waals surface area contributed by atoms with Crippen LogP contribution in [-0.2, 0) is 4.74 Å². The van der Waals surface area contributed by atoms with Gasteiger partial charge in [-0.2, -0.15) is 5.26 Å². The molecule has 0 aliphatic rings. The van der Waals surface area contributed by atoms with Gasteiger partial charge in [0.2, 0.25) is 0 Å². The highest BCUT2D eigenvalue weighted by atomic mass is 19.4. The monoisotopic (exact) mass is 245 g/mol. The smallest absolute Gasteiger partial charge is 0.465 e. The Kier molecular flexibility index (Phi) is 3.58. The number of rotatable bonds is 2. The summed E-state index contributed by atoms with van der Waals surface area (Å²) < 4.78 is 43.7. The molecule has 4 nitrogen and oxygen atoms in total. The van der Waals surface area contributed by atoms with Gasteiger partial charge in [-0.05, 0) is 18.2 Å². The molecule has 0 saturated heterocycles. The van der Waals surface area contributed by atoms with Crippen LogP contribution in [0.5, 0.6) is 5.75 Å². The van der Waals surface area contributed by atoms with Crippen LogP contribution in [0.25, 0.3) is 0 Å². The van der Waals surface area contributed by atoms with Crippen LogP contribution in [0.1, 0.15) is 15.9 Å². The summed E-state index contributed by atoms with van der Waals surface area (Å²) >= 11 is 0. The van der Waals surface area contributed by atoms with Gasteiger partial charge < -0.3 is 9.47 Å². The van der Waals surface area contributed by atoms with Crippen LogP contribution < -0.4 is 4.74 Å². The van der Waals surface area contributed by atoms with Crippen LogP contribution in [0, 0.1) is 11.3 Å². The molecular weight excluding hydrogens is 239 g/mol. The van der Waals surface area contributed by atoms with Crippen LogP contribution in [0.4, 0.5) is 13.2 Å². The van der Waals surface area contributed by atoms with E-state index < -0.39 is 18.1 Å². The van der Waals surface area contributed by atoms with Gasteiger partial charge in [0.25, 0.3) is 0 Å². The summed E-state index contributed by atoms with van der Waals surface area (Å²) in [7, 11) is 1.10. The summed E-state index contributed by atoms with van der Waals surface area (Å²) in [5.74, 6) is -1.37. The van der Waals surface area contributed by atoms with Crippen molar-refractivity contribution in [2.45, 2.75) is 6.36 Å². The van der Waals surface area contributed by atoms with E-state index in [1.54, 1.807) is 6.07 Å². The normalized spacial score (nSPS) is 10.5. The molecule has 0 amide bonds. The number of nitrogens with zero attached hydrogens (tertiary/aromatic N) is 1. The van der Waals surface area contributed by atoms with Crippen molar-refractivity contribution in [1.82, 2.24) is 0 Å². The molecule has 17 heavy (non-hydrogen) atoms. The lowest BCUT2D eigenvalue weighted by atomic mass is 10.1. The van der Waals surface area contributed by atoms with Crippen LogP contribution in [-0.4, -0.2) is 19.4 Å². The summed E-state index contributed by atoms with van der Waals surface area (Å²) in [6.07, 6.45) is -4.85. The van der Waals surface area contributed by atoms with Gasteiger partial charge in [0.1, 0.15) is 11.8 Å². The van der Waals surface area contributed by atoms with Gasteiger partial charge in [-0.15, -0.1) is 13.2 Å². The lowest BCUT2D eigenvalue weighted by Crippen LogP contribution is -2.17. The van der Waals surface area contributed by atoms with E-state index in [0.717, 1.165) is 25.3 Å². The maximum absolute atomic E-state index is 11.9. The first-order valence-electron chi connectivity index (χ1n) is 4.25. The minimum absolute atomic E-state index is 0.121. The first-order valence-corrected chi connectivity index (χ1v) is 4.25. The average Bonchev–Trinajstić information content (AvgIpc) is 2.25.